The van der Waals surface area contributed by atoms with E-state index in [0.717, 1.165) is 19.3 Å². The normalized spacial score (nSPS) is 29.2. The number of rotatable bonds is 1. The van der Waals surface area contributed by atoms with Crippen LogP contribution >= 0.6 is 0 Å². The van der Waals surface area contributed by atoms with Crippen molar-refractivity contribution in [1.82, 2.24) is 5.32 Å². The van der Waals surface area contributed by atoms with Crippen LogP contribution in [0.5, 0.6) is 0 Å². The standard InChI is InChI=1S/C13H22N2O2/c1-10-7-5-6-8-13(10,9-14)15-11(16)17-12(2,3)4/h10H,5-8H2,1-4H3,(H,15,16). The van der Waals surface area contributed by atoms with Crippen molar-refractivity contribution in [2.45, 2.75) is 64.5 Å². The molecule has 1 aliphatic rings. The average Bonchev–Trinajstić information content (AvgIpc) is 2.19. The van der Waals surface area contributed by atoms with Gasteiger partial charge in [0.1, 0.15) is 11.1 Å². The fraction of sp³-hybridized carbons (Fsp3) is 0.846. The summed E-state index contributed by atoms with van der Waals surface area (Å²) in [5.74, 6) is 0.175. The highest BCUT2D eigenvalue weighted by atomic mass is 16.6. The SMILES string of the molecule is CC1CCCCC1(C#N)NC(=O)OC(C)(C)C. The topological polar surface area (TPSA) is 62.1 Å². The Morgan fingerprint density at radius 1 is 1.47 bits per heavy atom. The van der Waals surface area contributed by atoms with E-state index in [9.17, 15) is 10.1 Å². The summed E-state index contributed by atoms with van der Waals surface area (Å²) in [7, 11) is 0. The molecule has 0 aromatic rings. The lowest BCUT2D eigenvalue weighted by Crippen LogP contribution is -2.54. The lowest BCUT2D eigenvalue weighted by Gasteiger charge is -2.37. The number of nitrogens with one attached hydrogen (secondary N) is 1. The van der Waals surface area contributed by atoms with E-state index < -0.39 is 17.2 Å². The Bertz CT molecular complexity index is 327. The molecular formula is C13H22N2O2. The molecule has 1 saturated carbocycles. The zero-order chi connectivity index (χ0) is 13.1. The van der Waals surface area contributed by atoms with E-state index in [-0.39, 0.29) is 5.92 Å². The largest absolute Gasteiger partial charge is 0.444 e. The predicted molar refractivity (Wildman–Crippen MR) is 65.3 cm³/mol. The van der Waals surface area contributed by atoms with Crippen LogP contribution in [0.4, 0.5) is 4.79 Å². The second kappa shape index (κ2) is 4.95. The lowest BCUT2D eigenvalue weighted by molar-refractivity contribution is 0.0426. The van der Waals surface area contributed by atoms with Gasteiger partial charge in [-0.1, -0.05) is 19.8 Å². The van der Waals surface area contributed by atoms with Gasteiger partial charge in [-0.05, 0) is 39.5 Å². The first-order valence-electron chi connectivity index (χ1n) is 6.21. The second-order valence-electron chi connectivity index (χ2n) is 5.86. The van der Waals surface area contributed by atoms with Gasteiger partial charge in [0.2, 0.25) is 0 Å². The highest BCUT2D eigenvalue weighted by molar-refractivity contribution is 5.69. The van der Waals surface area contributed by atoms with Gasteiger partial charge < -0.3 is 10.1 Å². The molecule has 2 atom stereocenters. The Balaban J connectivity index is 2.69. The van der Waals surface area contributed by atoms with Crippen LogP contribution in [0.2, 0.25) is 0 Å². The molecule has 2 unspecified atom stereocenters. The molecule has 4 heteroatoms. The first kappa shape index (κ1) is 13.8. The Hall–Kier alpha value is -1.24. The Kier molecular flexibility index (Phi) is 4.03. The highest BCUT2D eigenvalue weighted by Crippen LogP contribution is 2.33. The molecule has 0 radical (unpaired) electrons. The van der Waals surface area contributed by atoms with Gasteiger partial charge in [0.15, 0.2) is 0 Å². The van der Waals surface area contributed by atoms with Crippen LogP contribution in [0, 0.1) is 17.2 Å². The molecule has 0 heterocycles. The maximum Gasteiger partial charge on any atom is 0.408 e. The van der Waals surface area contributed by atoms with Crippen molar-refractivity contribution in [3.05, 3.63) is 0 Å². The highest BCUT2D eigenvalue weighted by Gasteiger charge is 2.40. The molecule has 1 rings (SSSR count). The van der Waals surface area contributed by atoms with Crippen LogP contribution in [0.15, 0.2) is 0 Å². The molecule has 1 amide bonds. The molecule has 0 aromatic heterocycles. The zero-order valence-corrected chi connectivity index (χ0v) is 11.2. The van der Waals surface area contributed by atoms with Gasteiger partial charge in [-0.3, -0.25) is 0 Å². The minimum atomic E-state index is -0.749. The smallest absolute Gasteiger partial charge is 0.408 e. The van der Waals surface area contributed by atoms with E-state index in [1.54, 1.807) is 0 Å². The van der Waals surface area contributed by atoms with E-state index in [2.05, 4.69) is 11.4 Å². The summed E-state index contributed by atoms with van der Waals surface area (Å²) in [4.78, 5) is 11.8. The van der Waals surface area contributed by atoms with Crippen LogP contribution in [-0.4, -0.2) is 17.2 Å². The van der Waals surface area contributed by atoms with Crippen LogP contribution in [0.3, 0.4) is 0 Å². The number of amides is 1. The number of nitrogens with zero attached hydrogens (tertiary/aromatic N) is 1. The van der Waals surface area contributed by atoms with Gasteiger partial charge in [0.25, 0.3) is 0 Å². The Morgan fingerprint density at radius 3 is 2.59 bits per heavy atom. The number of carbonyl (C=O) groups excluding carboxylic acids is 1. The van der Waals surface area contributed by atoms with E-state index in [1.165, 1.54) is 0 Å². The van der Waals surface area contributed by atoms with Crippen LogP contribution in [0.1, 0.15) is 53.4 Å². The molecule has 0 saturated heterocycles. The maximum absolute atomic E-state index is 11.8. The fourth-order valence-electron chi connectivity index (χ4n) is 2.21. The molecule has 0 bridgehead atoms. The van der Waals surface area contributed by atoms with Gasteiger partial charge >= 0.3 is 6.09 Å². The summed E-state index contributed by atoms with van der Waals surface area (Å²) in [6.07, 6.45) is 3.30. The van der Waals surface area contributed by atoms with Gasteiger partial charge in [-0.2, -0.15) is 5.26 Å². The number of hydrogen-bond acceptors (Lipinski definition) is 3. The van der Waals surface area contributed by atoms with Crippen LogP contribution in [0.25, 0.3) is 0 Å². The van der Waals surface area contributed by atoms with Crippen molar-refractivity contribution in [2.75, 3.05) is 0 Å². The third kappa shape index (κ3) is 3.62. The third-order valence-corrected chi connectivity index (χ3v) is 3.22. The Morgan fingerprint density at radius 2 is 2.12 bits per heavy atom. The number of nitriles is 1. The molecular weight excluding hydrogens is 216 g/mol. The first-order valence-corrected chi connectivity index (χ1v) is 6.21. The molecule has 17 heavy (non-hydrogen) atoms. The minimum absolute atomic E-state index is 0.175. The van der Waals surface area contributed by atoms with Gasteiger partial charge in [-0.15, -0.1) is 0 Å². The molecule has 0 aromatic carbocycles. The first-order chi connectivity index (χ1) is 7.79. The number of alkyl carbamates (subject to hydrolysis) is 1. The maximum atomic E-state index is 11.8. The number of carbonyl (C=O) groups is 1. The summed E-state index contributed by atoms with van der Waals surface area (Å²) in [6, 6.07) is 2.27. The second-order valence-corrected chi connectivity index (χ2v) is 5.86. The van der Waals surface area contributed by atoms with E-state index in [1.807, 2.05) is 27.7 Å². The number of ether oxygens (including phenoxy) is 1. The average molecular weight is 238 g/mol. The summed E-state index contributed by atoms with van der Waals surface area (Å²) >= 11 is 0. The minimum Gasteiger partial charge on any atom is -0.444 e. The van der Waals surface area contributed by atoms with E-state index >= 15 is 0 Å². The summed E-state index contributed by atoms with van der Waals surface area (Å²) in [5, 5.41) is 12.1. The number of hydrogen-bond donors (Lipinski definition) is 1. The third-order valence-electron chi connectivity index (χ3n) is 3.22. The molecule has 4 nitrogen and oxygen atoms in total. The Labute approximate surface area is 103 Å². The summed E-state index contributed by atoms with van der Waals surface area (Å²) < 4.78 is 5.21. The van der Waals surface area contributed by atoms with Gasteiger partial charge in [-0.25, -0.2) is 4.79 Å². The zero-order valence-electron chi connectivity index (χ0n) is 11.2. The van der Waals surface area contributed by atoms with Crippen molar-refractivity contribution in [2.24, 2.45) is 5.92 Å². The van der Waals surface area contributed by atoms with Crippen LogP contribution < -0.4 is 5.32 Å². The quantitative estimate of drug-likeness (QED) is 0.763. The monoisotopic (exact) mass is 238 g/mol. The predicted octanol–water partition coefficient (Wildman–Crippen LogP) is 2.98. The van der Waals surface area contributed by atoms with Crippen molar-refractivity contribution in [1.29, 1.82) is 5.26 Å². The van der Waals surface area contributed by atoms with Gasteiger partial charge in [0.05, 0.1) is 6.07 Å². The molecule has 0 spiro atoms. The fourth-order valence-corrected chi connectivity index (χ4v) is 2.21. The molecule has 96 valence electrons. The summed E-state index contributed by atoms with van der Waals surface area (Å²) in [5.41, 5.74) is -1.28. The van der Waals surface area contributed by atoms with Crippen LogP contribution in [-0.2, 0) is 4.74 Å². The van der Waals surface area contributed by atoms with Crippen molar-refractivity contribution in [3.63, 3.8) is 0 Å². The van der Waals surface area contributed by atoms with E-state index in [4.69, 9.17) is 4.74 Å². The van der Waals surface area contributed by atoms with Crippen molar-refractivity contribution in [3.8, 4) is 6.07 Å². The molecule has 1 aliphatic carbocycles. The van der Waals surface area contributed by atoms with Gasteiger partial charge in [0, 0.05) is 0 Å². The summed E-state index contributed by atoms with van der Waals surface area (Å²) in [6.45, 7) is 7.46. The van der Waals surface area contributed by atoms with E-state index in [0.29, 0.717) is 6.42 Å². The molecule has 1 N–H and O–H groups in total. The molecule has 0 aliphatic heterocycles. The van der Waals surface area contributed by atoms with Crippen molar-refractivity contribution < 1.29 is 9.53 Å². The molecule has 1 fully saturated rings. The lowest BCUT2D eigenvalue weighted by atomic mass is 9.74. The van der Waals surface area contributed by atoms with Crippen molar-refractivity contribution >= 4 is 6.09 Å².